The maximum atomic E-state index is 5.19. The van der Waals surface area contributed by atoms with Crippen LogP contribution in [0.25, 0.3) is 0 Å². The van der Waals surface area contributed by atoms with E-state index in [1.807, 2.05) is 24.7 Å². The van der Waals surface area contributed by atoms with Crippen molar-refractivity contribution in [2.75, 3.05) is 13.1 Å². The van der Waals surface area contributed by atoms with Gasteiger partial charge in [0.25, 0.3) is 0 Å². The van der Waals surface area contributed by atoms with Crippen LogP contribution in [-0.2, 0) is 13.1 Å². The highest BCUT2D eigenvalue weighted by atomic mass is 16.3. The van der Waals surface area contributed by atoms with Crippen molar-refractivity contribution in [3.8, 4) is 0 Å². The van der Waals surface area contributed by atoms with Gasteiger partial charge in [0.2, 0.25) is 0 Å². The van der Waals surface area contributed by atoms with Crippen LogP contribution in [0.15, 0.2) is 47.5 Å². The Balaban J connectivity index is 1.41. The van der Waals surface area contributed by atoms with Crippen molar-refractivity contribution in [3.05, 3.63) is 54.2 Å². The number of rotatable bonds is 4. The zero-order valence-corrected chi connectivity index (χ0v) is 12.2. The Morgan fingerprint density at radius 2 is 1.81 bits per heavy atom. The van der Waals surface area contributed by atoms with Crippen LogP contribution in [0.2, 0.25) is 0 Å². The Bertz CT molecular complexity index is 569. The predicted octanol–water partition coefficient (Wildman–Crippen LogP) is 2.52. The van der Waals surface area contributed by atoms with E-state index >= 15 is 0 Å². The molecule has 0 N–H and O–H groups in total. The molecule has 2 fully saturated rings. The fourth-order valence-electron chi connectivity index (χ4n) is 3.90. The zero-order chi connectivity index (χ0) is 14.1. The Hall–Kier alpha value is -1.65. The van der Waals surface area contributed by atoms with Gasteiger partial charge in [0, 0.05) is 56.2 Å². The molecule has 4 rings (SSSR count). The van der Waals surface area contributed by atoms with Crippen LogP contribution in [0, 0.1) is 0 Å². The van der Waals surface area contributed by atoms with E-state index in [0.29, 0.717) is 12.1 Å². The molecule has 0 bridgehead atoms. The Kier molecular flexibility index (Phi) is 3.49. The van der Waals surface area contributed by atoms with Crippen molar-refractivity contribution in [2.24, 2.45) is 0 Å². The second kappa shape index (κ2) is 5.62. The minimum atomic E-state index is 0.705. The van der Waals surface area contributed by atoms with E-state index in [-0.39, 0.29) is 0 Å². The smallest absolute Gasteiger partial charge is 0.0947 e. The minimum Gasteiger partial charge on any atom is -0.472 e. The molecule has 2 atom stereocenters. The molecule has 21 heavy (non-hydrogen) atoms. The fourth-order valence-corrected chi connectivity index (χ4v) is 3.90. The van der Waals surface area contributed by atoms with Gasteiger partial charge in [-0.15, -0.1) is 0 Å². The lowest BCUT2D eigenvalue weighted by Gasteiger charge is -2.25. The van der Waals surface area contributed by atoms with Crippen molar-refractivity contribution in [2.45, 2.75) is 38.0 Å². The lowest BCUT2D eigenvalue weighted by molar-refractivity contribution is 0.212. The van der Waals surface area contributed by atoms with E-state index in [4.69, 9.17) is 4.42 Å². The topological polar surface area (TPSA) is 32.5 Å². The number of aromatic nitrogens is 1. The molecule has 2 aromatic heterocycles. The average Bonchev–Trinajstić information content (AvgIpc) is 3.21. The van der Waals surface area contributed by atoms with Crippen LogP contribution in [0.4, 0.5) is 0 Å². The van der Waals surface area contributed by atoms with Gasteiger partial charge < -0.3 is 4.42 Å². The Morgan fingerprint density at radius 3 is 2.43 bits per heavy atom. The molecule has 4 heterocycles. The molecule has 0 amide bonds. The summed E-state index contributed by atoms with van der Waals surface area (Å²) in [5, 5.41) is 0. The lowest BCUT2D eigenvalue weighted by Crippen LogP contribution is -2.35. The first-order chi connectivity index (χ1) is 10.4. The first kappa shape index (κ1) is 13.0. The Morgan fingerprint density at radius 1 is 1.05 bits per heavy atom. The third kappa shape index (κ3) is 2.61. The molecule has 110 valence electrons. The van der Waals surface area contributed by atoms with E-state index in [0.717, 1.165) is 13.1 Å². The van der Waals surface area contributed by atoms with Crippen LogP contribution >= 0.6 is 0 Å². The molecular formula is C17H21N3O. The number of pyridine rings is 1. The summed E-state index contributed by atoms with van der Waals surface area (Å²) in [5.74, 6) is 0. The summed E-state index contributed by atoms with van der Waals surface area (Å²) in [6, 6.07) is 7.70. The van der Waals surface area contributed by atoms with E-state index in [2.05, 4.69) is 26.9 Å². The summed E-state index contributed by atoms with van der Waals surface area (Å²) >= 11 is 0. The molecule has 0 spiro atoms. The van der Waals surface area contributed by atoms with Gasteiger partial charge in [-0.05, 0) is 30.5 Å². The van der Waals surface area contributed by atoms with Gasteiger partial charge in [0.05, 0.1) is 12.5 Å². The minimum absolute atomic E-state index is 0.705. The molecule has 0 radical (unpaired) electrons. The standard InChI is InChI=1S/C17H21N3O/c1-2-14(10-18-6-1)11-19-7-3-17-16(19)4-8-20(17)12-15-5-9-21-13-15/h1-2,5-6,9-10,13,16-17H,3-4,7-8,11-12H2/t16-,17+/m1/s1. The van der Waals surface area contributed by atoms with Gasteiger partial charge in [-0.3, -0.25) is 14.8 Å². The molecule has 2 aromatic rings. The predicted molar refractivity (Wildman–Crippen MR) is 80.6 cm³/mol. The number of nitrogens with zero attached hydrogens (tertiary/aromatic N) is 3. The maximum Gasteiger partial charge on any atom is 0.0947 e. The summed E-state index contributed by atoms with van der Waals surface area (Å²) in [6.45, 7) is 4.46. The highest BCUT2D eigenvalue weighted by Gasteiger charge is 2.42. The number of fused-ring (bicyclic) bond motifs is 1. The average molecular weight is 283 g/mol. The number of furan rings is 1. The van der Waals surface area contributed by atoms with Gasteiger partial charge in [0.15, 0.2) is 0 Å². The van der Waals surface area contributed by atoms with Gasteiger partial charge >= 0.3 is 0 Å². The number of likely N-dealkylation sites (tertiary alicyclic amines) is 2. The first-order valence-corrected chi connectivity index (χ1v) is 7.78. The SMILES string of the molecule is c1cncc(CN2CC[C@H]3[C@H]2CCN3Cc2ccoc2)c1. The molecule has 4 heteroatoms. The monoisotopic (exact) mass is 283 g/mol. The Labute approximate surface area is 125 Å². The molecule has 4 nitrogen and oxygen atoms in total. The van der Waals surface area contributed by atoms with Crippen LogP contribution in [0.3, 0.4) is 0 Å². The van der Waals surface area contributed by atoms with E-state index in [9.17, 15) is 0 Å². The van der Waals surface area contributed by atoms with E-state index in [1.54, 1.807) is 6.26 Å². The van der Waals surface area contributed by atoms with Crippen LogP contribution in [0.5, 0.6) is 0 Å². The van der Waals surface area contributed by atoms with Crippen LogP contribution < -0.4 is 0 Å². The molecule has 0 aliphatic carbocycles. The first-order valence-electron chi connectivity index (χ1n) is 7.78. The maximum absolute atomic E-state index is 5.19. The largest absolute Gasteiger partial charge is 0.472 e. The molecule has 2 aliphatic rings. The third-order valence-electron chi connectivity index (χ3n) is 4.88. The fraction of sp³-hybridized carbons (Fsp3) is 0.471. The highest BCUT2D eigenvalue weighted by molar-refractivity contribution is 5.12. The van der Waals surface area contributed by atoms with Crippen LogP contribution in [0.1, 0.15) is 24.0 Å². The van der Waals surface area contributed by atoms with Crippen molar-refractivity contribution in [1.82, 2.24) is 14.8 Å². The van der Waals surface area contributed by atoms with Crippen molar-refractivity contribution in [3.63, 3.8) is 0 Å². The molecule has 0 saturated carbocycles. The van der Waals surface area contributed by atoms with Gasteiger partial charge in [-0.2, -0.15) is 0 Å². The van der Waals surface area contributed by atoms with Gasteiger partial charge in [-0.1, -0.05) is 6.07 Å². The normalized spacial score (nSPS) is 26.3. The van der Waals surface area contributed by atoms with Gasteiger partial charge in [0.1, 0.15) is 0 Å². The quantitative estimate of drug-likeness (QED) is 0.863. The lowest BCUT2D eigenvalue weighted by atomic mass is 10.1. The summed E-state index contributed by atoms with van der Waals surface area (Å²) < 4.78 is 5.19. The van der Waals surface area contributed by atoms with Crippen molar-refractivity contribution >= 4 is 0 Å². The zero-order valence-electron chi connectivity index (χ0n) is 12.2. The number of hydrogen-bond acceptors (Lipinski definition) is 4. The summed E-state index contributed by atoms with van der Waals surface area (Å²) in [7, 11) is 0. The second-order valence-electron chi connectivity index (χ2n) is 6.15. The van der Waals surface area contributed by atoms with Gasteiger partial charge in [-0.25, -0.2) is 0 Å². The molecule has 2 saturated heterocycles. The number of hydrogen-bond donors (Lipinski definition) is 0. The second-order valence-corrected chi connectivity index (χ2v) is 6.15. The third-order valence-corrected chi connectivity index (χ3v) is 4.88. The van der Waals surface area contributed by atoms with Crippen molar-refractivity contribution in [1.29, 1.82) is 0 Å². The van der Waals surface area contributed by atoms with Crippen molar-refractivity contribution < 1.29 is 4.42 Å². The molecular weight excluding hydrogens is 262 g/mol. The van der Waals surface area contributed by atoms with Crippen LogP contribution in [-0.4, -0.2) is 40.0 Å². The molecule has 0 aromatic carbocycles. The molecule has 0 unspecified atom stereocenters. The molecule has 2 aliphatic heterocycles. The van der Waals surface area contributed by atoms with E-state index < -0.39 is 0 Å². The highest BCUT2D eigenvalue weighted by Crippen LogP contribution is 2.33. The summed E-state index contributed by atoms with van der Waals surface area (Å²) in [4.78, 5) is 9.49. The summed E-state index contributed by atoms with van der Waals surface area (Å²) in [6.07, 6.45) is 10.0. The van der Waals surface area contributed by atoms with E-state index in [1.165, 1.54) is 37.1 Å². The summed E-state index contributed by atoms with van der Waals surface area (Å²) in [5.41, 5.74) is 2.62.